The zero-order valence-electron chi connectivity index (χ0n) is 12.3. The molecular weight excluding hydrogens is 248 g/mol. The summed E-state index contributed by atoms with van der Waals surface area (Å²) in [7, 11) is 0. The van der Waals surface area contributed by atoms with Gasteiger partial charge in [-0.3, -0.25) is 9.59 Å². The van der Waals surface area contributed by atoms with Gasteiger partial charge in [-0.15, -0.1) is 0 Å². The zero-order valence-corrected chi connectivity index (χ0v) is 12.3. The minimum absolute atomic E-state index is 0.0718. The average molecular weight is 268 g/mol. The van der Waals surface area contributed by atoms with Crippen molar-refractivity contribution in [1.29, 1.82) is 0 Å². The van der Waals surface area contributed by atoms with Crippen LogP contribution in [0.15, 0.2) is 35.4 Å². The summed E-state index contributed by atoms with van der Waals surface area (Å²) < 4.78 is 0. The van der Waals surface area contributed by atoms with Crippen LogP contribution in [0.4, 0.5) is 0 Å². The first-order valence-corrected chi connectivity index (χ1v) is 7.30. The monoisotopic (exact) mass is 268 g/mol. The molecule has 1 aromatic carbocycles. The maximum absolute atomic E-state index is 12.7. The number of hydrogen-bond donors (Lipinski definition) is 0. The Balaban J connectivity index is 2.05. The number of ketones is 2. The number of benzene rings is 1. The first-order valence-electron chi connectivity index (χ1n) is 7.30. The second kappa shape index (κ2) is 4.41. The van der Waals surface area contributed by atoms with Gasteiger partial charge in [0.15, 0.2) is 11.6 Å². The number of rotatable bonds is 0. The summed E-state index contributed by atoms with van der Waals surface area (Å²) in [6, 6.07) is 7.21. The average Bonchev–Trinajstić information content (AvgIpc) is 2.43. The molecule has 104 valence electrons. The van der Waals surface area contributed by atoms with Crippen LogP contribution in [0.5, 0.6) is 0 Å². The summed E-state index contributed by atoms with van der Waals surface area (Å²) >= 11 is 0. The Labute approximate surface area is 119 Å². The van der Waals surface area contributed by atoms with Crippen LogP contribution in [0.25, 0.3) is 0 Å². The molecule has 2 aliphatic rings. The Kier molecular flexibility index (Phi) is 2.93. The van der Waals surface area contributed by atoms with Crippen molar-refractivity contribution < 1.29 is 9.59 Å². The molecule has 0 heterocycles. The molecule has 1 atom stereocenters. The van der Waals surface area contributed by atoms with Gasteiger partial charge in [0.05, 0.1) is 0 Å². The molecule has 0 fully saturated rings. The van der Waals surface area contributed by atoms with Crippen molar-refractivity contribution in [3.63, 3.8) is 0 Å². The van der Waals surface area contributed by atoms with Crippen LogP contribution in [0.2, 0.25) is 0 Å². The van der Waals surface area contributed by atoms with Crippen LogP contribution in [0, 0.1) is 11.3 Å². The van der Waals surface area contributed by atoms with E-state index in [1.807, 2.05) is 12.1 Å². The van der Waals surface area contributed by atoms with E-state index in [1.54, 1.807) is 12.1 Å². The van der Waals surface area contributed by atoms with Gasteiger partial charge in [-0.25, -0.2) is 0 Å². The van der Waals surface area contributed by atoms with E-state index < -0.39 is 0 Å². The standard InChI is InChI=1S/C18H20O2/c1-18(2,3)11-8-9-14-15(10-11)17(20)13-7-5-4-6-12(13)16(14)19/h4-7,11H,8-10H2,1-3H3. The molecule has 0 aliphatic heterocycles. The topological polar surface area (TPSA) is 34.1 Å². The summed E-state index contributed by atoms with van der Waals surface area (Å²) in [6.07, 6.45) is 2.50. The normalized spacial score (nSPS) is 22.6. The van der Waals surface area contributed by atoms with Gasteiger partial charge in [0.2, 0.25) is 0 Å². The maximum Gasteiger partial charge on any atom is 0.190 e. The van der Waals surface area contributed by atoms with Crippen LogP contribution in [0.1, 0.15) is 60.7 Å². The van der Waals surface area contributed by atoms with Gasteiger partial charge >= 0.3 is 0 Å². The number of allylic oxidation sites excluding steroid dienone is 2. The van der Waals surface area contributed by atoms with Crippen LogP contribution in [-0.4, -0.2) is 11.6 Å². The van der Waals surface area contributed by atoms with E-state index in [0.717, 1.165) is 30.4 Å². The van der Waals surface area contributed by atoms with Gasteiger partial charge in [0.1, 0.15) is 0 Å². The highest BCUT2D eigenvalue weighted by Crippen LogP contribution is 2.43. The fourth-order valence-electron chi connectivity index (χ4n) is 3.36. The van der Waals surface area contributed by atoms with Gasteiger partial charge in [0, 0.05) is 22.3 Å². The molecule has 0 N–H and O–H groups in total. The molecule has 20 heavy (non-hydrogen) atoms. The molecule has 1 unspecified atom stereocenters. The quantitative estimate of drug-likeness (QED) is 0.706. The molecule has 1 aromatic rings. The van der Waals surface area contributed by atoms with Crippen molar-refractivity contribution in [3.8, 4) is 0 Å². The molecule has 0 amide bonds. The van der Waals surface area contributed by atoms with Crippen molar-refractivity contribution in [2.45, 2.75) is 40.0 Å². The summed E-state index contributed by atoms with van der Waals surface area (Å²) in [5.41, 5.74) is 2.91. The van der Waals surface area contributed by atoms with Crippen LogP contribution < -0.4 is 0 Å². The maximum atomic E-state index is 12.7. The van der Waals surface area contributed by atoms with E-state index in [0.29, 0.717) is 17.0 Å². The van der Waals surface area contributed by atoms with Crippen molar-refractivity contribution in [2.24, 2.45) is 11.3 Å². The van der Waals surface area contributed by atoms with Crippen molar-refractivity contribution in [3.05, 3.63) is 46.5 Å². The minimum atomic E-state index is 0.0718. The molecule has 2 aliphatic carbocycles. The molecule has 0 radical (unpaired) electrons. The smallest absolute Gasteiger partial charge is 0.190 e. The predicted molar refractivity (Wildman–Crippen MR) is 78.9 cm³/mol. The van der Waals surface area contributed by atoms with Crippen LogP contribution in [-0.2, 0) is 0 Å². The molecule has 0 saturated heterocycles. The summed E-state index contributed by atoms with van der Waals surface area (Å²) in [6.45, 7) is 6.64. The highest BCUT2D eigenvalue weighted by molar-refractivity contribution is 6.27. The summed E-state index contributed by atoms with van der Waals surface area (Å²) in [5, 5.41) is 0. The van der Waals surface area contributed by atoms with E-state index in [-0.39, 0.29) is 17.0 Å². The lowest BCUT2D eigenvalue weighted by Crippen LogP contribution is -2.31. The van der Waals surface area contributed by atoms with Gasteiger partial charge in [0.25, 0.3) is 0 Å². The highest BCUT2D eigenvalue weighted by atomic mass is 16.1. The second-order valence-corrected chi connectivity index (χ2v) is 6.97. The third kappa shape index (κ3) is 1.94. The predicted octanol–water partition coefficient (Wildman–Crippen LogP) is 4.21. The van der Waals surface area contributed by atoms with Crippen LogP contribution >= 0.6 is 0 Å². The number of hydrogen-bond acceptors (Lipinski definition) is 2. The first-order chi connectivity index (χ1) is 9.39. The molecule has 2 heteroatoms. The Bertz CT molecular complexity index is 629. The molecule has 0 bridgehead atoms. The van der Waals surface area contributed by atoms with E-state index in [2.05, 4.69) is 20.8 Å². The fourth-order valence-corrected chi connectivity index (χ4v) is 3.36. The first kappa shape index (κ1) is 13.3. The van der Waals surface area contributed by atoms with E-state index in [9.17, 15) is 9.59 Å². The third-order valence-corrected chi connectivity index (χ3v) is 4.75. The SMILES string of the molecule is CC(C)(C)C1CCC2=C(C1)C(=O)c1ccccc1C2=O. The van der Waals surface area contributed by atoms with Gasteiger partial charge < -0.3 is 0 Å². The van der Waals surface area contributed by atoms with E-state index in [1.165, 1.54) is 0 Å². The lowest BCUT2D eigenvalue weighted by atomic mass is 9.67. The van der Waals surface area contributed by atoms with Gasteiger partial charge in [-0.05, 0) is 30.6 Å². The number of Topliss-reactive ketones (excluding diaryl/α,β-unsaturated/α-hetero) is 2. The lowest BCUT2D eigenvalue weighted by Gasteiger charge is -2.36. The second-order valence-electron chi connectivity index (χ2n) is 6.97. The third-order valence-electron chi connectivity index (χ3n) is 4.75. The molecule has 0 aromatic heterocycles. The Morgan fingerprint density at radius 1 is 0.950 bits per heavy atom. The Morgan fingerprint density at radius 3 is 2.05 bits per heavy atom. The van der Waals surface area contributed by atoms with Crippen molar-refractivity contribution in [1.82, 2.24) is 0 Å². The minimum Gasteiger partial charge on any atom is -0.289 e. The molecule has 0 saturated carbocycles. The lowest BCUT2D eigenvalue weighted by molar-refractivity contribution is 0.0945. The molecule has 2 nitrogen and oxygen atoms in total. The largest absolute Gasteiger partial charge is 0.289 e. The summed E-state index contributed by atoms with van der Waals surface area (Å²) in [5.74, 6) is 0.620. The molecular formula is C18H20O2. The fraction of sp³-hybridized carbons (Fsp3) is 0.444. The van der Waals surface area contributed by atoms with Crippen molar-refractivity contribution >= 4 is 11.6 Å². The summed E-state index contributed by atoms with van der Waals surface area (Å²) in [4.78, 5) is 25.2. The van der Waals surface area contributed by atoms with E-state index >= 15 is 0 Å². The number of fused-ring (bicyclic) bond motifs is 1. The van der Waals surface area contributed by atoms with Crippen LogP contribution in [0.3, 0.4) is 0 Å². The Morgan fingerprint density at radius 2 is 1.50 bits per heavy atom. The highest BCUT2D eigenvalue weighted by Gasteiger charge is 2.38. The zero-order chi connectivity index (χ0) is 14.5. The number of carbonyl (C=O) groups is 2. The number of carbonyl (C=O) groups excluding carboxylic acids is 2. The Hall–Kier alpha value is -1.70. The van der Waals surface area contributed by atoms with Gasteiger partial charge in [-0.2, -0.15) is 0 Å². The van der Waals surface area contributed by atoms with E-state index in [4.69, 9.17) is 0 Å². The van der Waals surface area contributed by atoms with Crippen molar-refractivity contribution in [2.75, 3.05) is 0 Å². The van der Waals surface area contributed by atoms with Gasteiger partial charge in [-0.1, -0.05) is 45.0 Å². The molecule has 0 spiro atoms. The molecule has 3 rings (SSSR count).